The minimum absolute atomic E-state index is 0.0345. The van der Waals surface area contributed by atoms with Crippen LogP contribution < -0.4 is 5.32 Å². The minimum atomic E-state index is -0.445. The zero-order valence-electron chi connectivity index (χ0n) is 13.0. The summed E-state index contributed by atoms with van der Waals surface area (Å²) < 4.78 is 1.61. The van der Waals surface area contributed by atoms with Gasteiger partial charge in [0.2, 0.25) is 11.8 Å². The monoisotopic (exact) mass is 293 g/mol. The SMILES string of the molecule is CC(C)CC1NC(=O)CC(C)N(Cc2cn(C)nn2)C1=O. The van der Waals surface area contributed by atoms with Gasteiger partial charge in [0.15, 0.2) is 0 Å². The first kappa shape index (κ1) is 15.5. The molecule has 116 valence electrons. The molecule has 2 amide bonds. The molecule has 7 nitrogen and oxygen atoms in total. The van der Waals surface area contributed by atoms with Crippen molar-refractivity contribution in [3.63, 3.8) is 0 Å². The fourth-order valence-electron chi connectivity index (χ4n) is 2.62. The predicted molar refractivity (Wildman–Crippen MR) is 77.0 cm³/mol. The average molecular weight is 293 g/mol. The molecule has 1 aliphatic heterocycles. The van der Waals surface area contributed by atoms with Crippen LogP contribution >= 0.6 is 0 Å². The molecule has 2 heterocycles. The summed E-state index contributed by atoms with van der Waals surface area (Å²) in [6.45, 7) is 6.37. The van der Waals surface area contributed by atoms with Crippen LogP contribution in [0.25, 0.3) is 0 Å². The number of carbonyl (C=O) groups excluding carboxylic acids is 2. The molecule has 0 bridgehead atoms. The molecule has 1 aromatic heterocycles. The van der Waals surface area contributed by atoms with Crippen molar-refractivity contribution in [3.8, 4) is 0 Å². The molecule has 1 fully saturated rings. The fraction of sp³-hybridized carbons (Fsp3) is 0.714. The Bertz CT molecular complexity index is 525. The molecule has 21 heavy (non-hydrogen) atoms. The lowest BCUT2D eigenvalue weighted by atomic mass is 10.0. The number of aryl methyl sites for hydroxylation is 1. The van der Waals surface area contributed by atoms with Gasteiger partial charge in [0.05, 0.1) is 6.54 Å². The number of nitrogens with zero attached hydrogens (tertiary/aromatic N) is 4. The summed E-state index contributed by atoms with van der Waals surface area (Å²) in [5, 5.41) is 10.8. The van der Waals surface area contributed by atoms with Crippen LogP contribution in [0.1, 0.15) is 39.3 Å². The number of hydrogen-bond donors (Lipinski definition) is 1. The number of carbonyl (C=O) groups is 2. The molecule has 0 radical (unpaired) electrons. The van der Waals surface area contributed by atoms with Gasteiger partial charge in [-0.05, 0) is 19.3 Å². The zero-order chi connectivity index (χ0) is 15.6. The van der Waals surface area contributed by atoms with E-state index in [0.29, 0.717) is 25.3 Å². The lowest BCUT2D eigenvalue weighted by Crippen LogP contribution is -2.46. The first-order chi connectivity index (χ1) is 9.86. The van der Waals surface area contributed by atoms with Crippen LogP contribution in [0.2, 0.25) is 0 Å². The Kier molecular flexibility index (Phi) is 4.59. The fourth-order valence-corrected chi connectivity index (χ4v) is 2.62. The molecule has 7 heteroatoms. The zero-order valence-corrected chi connectivity index (χ0v) is 13.0. The van der Waals surface area contributed by atoms with Crippen molar-refractivity contribution in [3.05, 3.63) is 11.9 Å². The molecule has 1 aromatic rings. The maximum Gasteiger partial charge on any atom is 0.245 e. The van der Waals surface area contributed by atoms with Crippen molar-refractivity contribution < 1.29 is 9.59 Å². The minimum Gasteiger partial charge on any atom is -0.344 e. The summed E-state index contributed by atoms with van der Waals surface area (Å²) >= 11 is 0. The van der Waals surface area contributed by atoms with Crippen molar-refractivity contribution in [2.45, 2.75) is 52.2 Å². The Morgan fingerprint density at radius 2 is 2.14 bits per heavy atom. The van der Waals surface area contributed by atoms with Crippen LogP contribution in [0.5, 0.6) is 0 Å². The van der Waals surface area contributed by atoms with Crippen LogP contribution in [0.15, 0.2) is 6.20 Å². The van der Waals surface area contributed by atoms with E-state index < -0.39 is 6.04 Å². The number of amides is 2. The van der Waals surface area contributed by atoms with Gasteiger partial charge in [0.25, 0.3) is 0 Å². The molecule has 0 saturated carbocycles. The van der Waals surface area contributed by atoms with E-state index in [0.717, 1.165) is 5.69 Å². The third-order valence-corrected chi connectivity index (χ3v) is 3.62. The van der Waals surface area contributed by atoms with E-state index in [4.69, 9.17) is 0 Å². The third kappa shape index (κ3) is 3.80. The highest BCUT2D eigenvalue weighted by Crippen LogP contribution is 2.18. The molecule has 0 aromatic carbocycles. The summed E-state index contributed by atoms with van der Waals surface area (Å²) in [5.74, 6) is 0.238. The Labute approximate surface area is 124 Å². The number of aromatic nitrogens is 3. The largest absolute Gasteiger partial charge is 0.344 e. The Morgan fingerprint density at radius 3 is 2.71 bits per heavy atom. The van der Waals surface area contributed by atoms with Crippen LogP contribution in [-0.4, -0.2) is 43.8 Å². The highest BCUT2D eigenvalue weighted by atomic mass is 16.2. The molecule has 1 saturated heterocycles. The second-order valence-corrected chi connectivity index (χ2v) is 6.15. The van der Waals surface area contributed by atoms with Gasteiger partial charge in [-0.3, -0.25) is 14.3 Å². The summed E-state index contributed by atoms with van der Waals surface area (Å²) in [6, 6.07) is -0.587. The van der Waals surface area contributed by atoms with E-state index in [1.807, 2.05) is 20.8 Å². The normalized spacial score (nSPS) is 23.4. The maximum atomic E-state index is 12.7. The molecule has 0 aliphatic carbocycles. The Balaban J connectivity index is 2.19. The van der Waals surface area contributed by atoms with Crippen LogP contribution in [0.3, 0.4) is 0 Å². The number of nitrogens with one attached hydrogen (secondary N) is 1. The summed E-state index contributed by atoms with van der Waals surface area (Å²) in [5.41, 5.74) is 0.732. The highest BCUT2D eigenvalue weighted by Gasteiger charge is 2.34. The smallest absolute Gasteiger partial charge is 0.245 e. The van der Waals surface area contributed by atoms with Crippen molar-refractivity contribution in [2.75, 3.05) is 0 Å². The first-order valence-corrected chi connectivity index (χ1v) is 7.32. The van der Waals surface area contributed by atoms with Crippen molar-refractivity contribution >= 4 is 11.8 Å². The molecule has 2 unspecified atom stereocenters. The maximum absolute atomic E-state index is 12.7. The van der Waals surface area contributed by atoms with Gasteiger partial charge in [-0.25, -0.2) is 0 Å². The van der Waals surface area contributed by atoms with Gasteiger partial charge in [-0.2, -0.15) is 0 Å². The quantitative estimate of drug-likeness (QED) is 0.875. The van der Waals surface area contributed by atoms with Gasteiger partial charge < -0.3 is 10.2 Å². The second kappa shape index (κ2) is 6.24. The van der Waals surface area contributed by atoms with Gasteiger partial charge in [-0.15, -0.1) is 5.10 Å². The average Bonchev–Trinajstić information content (AvgIpc) is 2.75. The molecule has 1 N–H and O–H groups in total. The summed E-state index contributed by atoms with van der Waals surface area (Å²) in [6.07, 6.45) is 2.76. The molecule has 2 rings (SSSR count). The van der Waals surface area contributed by atoms with E-state index in [1.54, 1.807) is 22.8 Å². The van der Waals surface area contributed by atoms with Gasteiger partial charge in [-0.1, -0.05) is 19.1 Å². The van der Waals surface area contributed by atoms with E-state index in [9.17, 15) is 9.59 Å². The standard InChI is InChI=1S/C14H23N5O2/c1-9(2)5-12-14(21)19(10(3)6-13(20)15-12)8-11-7-18(4)17-16-11/h7,9-10,12H,5-6,8H2,1-4H3,(H,15,20). The number of hydrogen-bond acceptors (Lipinski definition) is 4. The Morgan fingerprint density at radius 1 is 1.43 bits per heavy atom. The second-order valence-electron chi connectivity index (χ2n) is 6.15. The van der Waals surface area contributed by atoms with Crippen LogP contribution in [0.4, 0.5) is 0 Å². The number of rotatable bonds is 4. The van der Waals surface area contributed by atoms with Gasteiger partial charge in [0, 0.05) is 25.7 Å². The predicted octanol–water partition coefficient (Wildman–Crippen LogP) is 0.467. The molecular formula is C14H23N5O2. The molecular weight excluding hydrogens is 270 g/mol. The van der Waals surface area contributed by atoms with Crippen LogP contribution in [-0.2, 0) is 23.2 Å². The topological polar surface area (TPSA) is 80.1 Å². The molecule has 1 aliphatic rings. The summed E-state index contributed by atoms with van der Waals surface area (Å²) in [7, 11) is 1.79. The summed E-state index contributed by atoms with van der Waals surface area (Å²) in [4.78, 5) is 26.3. The van der Waals surface area contributed by atoms with Crippen molar-refractivity contribution in [1.82, 2.24) is 25.2 Å². The van der Waals surface area contributed by atoms with E-state index in [-0.39, 0.29) is 17.9 Å². The first-order valence-electron chi connectivity index (χ1n) is 7.32. The van der Waals surface area contributed by atoms with Gasteiger partial charge >= 0.3 is 0 Å². The Hall–Kier alpha value is -1.92. The van der Waals surface area contributed by atoms with Crippen molar-refractivity contribution in [1.29, 1.82) is 0 Å². The van der Waals surface area contributed by atoms with Crippen LogP contribution in [0, 0.1) is 5.92 Å². The molecule has 0 spiro atoms. The highest BCUT2D eigenvalue weighted by molar-refractivity contribution is 5.90. The third-order valence-electron chi connectivity index (χ3n) is 3.62. The lowest BCUT2D eigenvalue weighted by molar-refractivity contribution is -0.136. The van der Waals surface area contributed by atoms with E-state index in [2.05, 4.69) is 15.6 Å². The van der Waals surface area contributed by atoms with Gasteiger partial charge in [0.1, 0.15) is 11.7 Å². The lowest BCUT2D eigenvalue weighted by Gasteiger charge is -2.28. The van der Waals surface area contributed by atoms with E-state index >= 15 is 0 Å². The van der Waals surface area contributed by atoms with Crippen molar-refractivity contribution in [2.24, 2.45) is 13.0 Å². The van der Waals surface area contributed by atoms with E-state index in [1.165, 1.54) is 0 Å². The molecule has 2 atom stereocenters.